The molecule has 96 valence electrons. The molecule has 0 radical (unpaired) electrons. The minimum Gasteiger partial charge on any atom is -0.465 e. The number of fused-ring (bicyclic) bond motifs is 1. The number of nitrogens with zero attached hydrogens (tertiary/aromatic N) is 1. The normalized spacial score (nSPS) is 10.8. The van der Waals surface area contributed by atoms with Gasteiger partial charge in [0.2, 0.25) is 0 Å². The first-order valence-corrected chi connectivity index (χ1v) is 5.99. The van der Waals surface area contributed by atoms with Crippen molar-refractivity contribution in [3.63, 3.8) is 0 Å². The molecule has 2 heterocycles. The summed E-state index contributed by atoms with van der Waals surface area (Å²) < 4.78 is 5.40. The summed E-state index contributed by atoms with van der Waals surface area (Å²) in [6.07, 6.45) is 1.72. The fourth-order valence-corrected chi connectivity index (χ4v) is 1.93. The van der Waals surface area contributed by atoms with Crippen LogP contribution in [0.2, 0.25) is 0 Å². The number of furan rings is 1. The van der Waals surface area contributed by atoms with Gasteiger partial charge in [-0.25, -0.2) is 0 Å². The van der Waals surface area contributed by atoms with E-state index in [0.29, 0.717) is 12.1 Å². The van der Waals surface area contributed by atoms with Gasteiger partial charge in [0.1, 0.15) is 11.5 Å². The SMILES string of the molecule is Cc1ccc(CNC(=O)c2ccc3cn[nH]c3c2)o1. The molecule has 1 aromatic carbocycles. The smallest absolute Gasteiger partial charge is 0.251 e. The molecule has 0 aliphatic rings. The molecule has 2 N–H and O–H groups in total. The molecule has 0 aliphatic heterocycles. The van der Waals surface area contributed by atoms with Gasteiger partial charge >= 0.3 is 0 Å². The van der Waals surface area contributed by atoms with Crippen LogP contribution in [-0.4, -0.2) is 16.1 Å². The van der Waals surface area contributed by atoms with E-state index in [0.717, 1.165) is 22.4 Å². The molecule has 5 heteroatoms. The number of rotatable bonds is 3. The van der Waals surface area contributed by atoms with E-state index in [1.807, 2.05) is 25.1 Å². The molecule has 0 spiro atoms. The summed E-state index contributed by atoms with van der Waals surface area (Å²) in [5.41, 5.74) is 1.45. The van der Waals surface area contributed by atoms with Gasteiger partial charge in [-0.3, -0.25) is 9.89 Å². The van der Waals surface area contributed by atoms with Gasteiger partial charge in [-0.15, -0.1) is 0 Å². The lowest BCUT2D eigenvalue weighted by atomic mass is 10.1. The summed E-state index contributed by atoms with van der Waals surface area (Å²) in [7, 11) is 0. The summed E-state index contributed by atoms with van der Waals surface area (Å²) in [4.78, 5) is 12.0. The monoisotopic (exact) mass is 255 g/mol. The van der Waals surface area contributed by atoms with Crippen LogP contribution in [0.3, 0.4) is 0 Å². The number of carbonyl (C=O) groups excluding carboxylic acids is 1. The van der Waals surface area contributed by atoms with Crippen LogP contribution in [0.25, 0.3) is 10.9 Å². The van der Waals surface area contributed by atoms with E-state index in [1.165, 1.54) is 0 Å². The van der Waals surface area contributed by atoms with Crippen molar-refractivity contribution in [1.82, 2.24) is 15.5 Å². The van der Waals surface area contributed by atoms with Crippen LogP contribution in [0, 0.1) is 6.92 Å². The van der Waals surface area contributed by atoms with E-state index in [4.69, 9.17) is 4.42 Å². The van der Waals surface area contributed by atoms with Crippen molar-refractivity contribution in [1.29, 1.82) is 0 Å². The number of hydrogen-bond acceptors (Lipinski definition) is 3. The van der Waals surface area contributed by atoms with E-state index in [9.17, 15) is 4.79 Å². The Labute approximate surface area is 109 Å². The highest BCUT2D eigenvalue weighted by Crippen LogP contribution is 2.13. The standard InChI is InChI=1S/C14H13N3O2/c1-9-2-5-12(19-9)8-15-14(18)10-3-4-11-7-16-17-13(11)6-10/h2-7H,8H2,1H3,(H,15,18)(H,16,17). The van der Waals surface area contributed by atoms with E-state index in [-0.39, 0.29) is 5.91 Å². The average molecular weight is 255 g/mol. The summed E-state index contributed by atoms with van der Waals surface area (Å²) in [5.74, 6) is 1.45. The topological polar surface area (TPSA) is 70.9 Å². The Kier molecular flexibility index (Phi) is 2.79. The van der Waals surface area contributed by atoms with Gasteiger partial charge in [-0.2, -0.15) is 5.10 Å². The molecule has 0 saturated carbocycles. The Balaban J connectivity index is 1.72. The minimum absolute atomic E-state index is 0.134. The van der Waals surface area contributed by atoms with E-state index in [2.05, 4.69) is 15.5 Å². The van der Waals surface area contributed by atoms with Gasteiger partial charge in [0.15, 0.2) is 0 Å². The van der Waals surface area contributed by atoms with Gasteiger partial charge in [0.05, 0.1) is 18.3 Å². The van der Waals surface area contributed by atoms with Gasteiger partial charge < -0.3 is 9.73 Å². The van der Waals surface area contributed by atoms with Gasteiger partial charge in [-0.05, 0) is 31.2 Å². The van der Waals surface area contributed by atoms with Gasteiger partial charge in [0.25, 0.3) is 5.91 Å². The number of H-pyrrole nitrogens is 1. The Bertz CT molecular complexity index is 727. The maximum absolute atomic E-state index is 12.0. The quantitative estimate of drug-likeness (QED) is 0.755. The summed E-state index contributed by atoms with van der Waals surface area (Å²) in [5, 5.41) is 10.6. The predicted octanol–water partition coefficient (Wildman–Crippen LogP) is 2.39. The van der Waals surface area contributed by atoms with Crippen LogP contribution in [0.4, 0.5) is 0 Å². The van der Waals surface area contributed by atoms with Crippen LogP contribution in [0.15, 0.2) is 40.9 Å². The summed E-state index contributed by atoms with van der Waals surface area (Å²) >= 11 is 0. The number of benzene rings is 1. The number of aromatic nitrogens is 2. The van der Waals surface area contributed by atoms with Crippen LogP contribution in [0.1, 0.15) is 21.9 Å². The molecule has 0 saturated heterocycles. The lowest BCUT2D eigenvalue weighted by molar-refractivity contribution is 0.0948. The van der Waals surface area contributed by atoms with Crippen LogP contribution < -0.4 is 5.32 Å². The van der Waals surface area contributed by atoms with E-state index >= 15 is 0 Å². The Morgan fingerprint density at radius 2 is 2.26 bits per heavy atom. The molecule has 0 unspecified atom stereocenters. The van der Waals surface area contributed by atoms with Crippen molar-refractivity contribution >= 4 is 16.8 Å². The molecule has 0 aliphatic carbocycles. The number of aromatic amines is 1. The maximum atomic E-state index is 12.0. The van der Waals surface area contributed by atoms with E-state index < -0.39 is 0 Å². The first-order valence-electron chi connectivity index (χ1n) is 5.99. The lowest BCUT2D eigenvalue weighted by Gasteiger charge is -2.03. The predicted molar refractivity (Wildman–Crippen MR) is 70.7 cm³/mol. The van der Waals surface area contributed by atoms with Crippen molar-refractivity contribution in [3.8, 4) is 0 Å². The number of carbonyl (C=O) groups is 1. The molecule has 0 bridgehead atoms. The van der Waals surface area contributed by atoms with Crippen LogP contribution in [0.5, 0.6) is 0 Å². The second-order valence-corrected chi connectivity index (χ2v) is 4.37. The second kappa shape index (κ2) is 4.61. The van der Waals surface area contributed by atoms with Crippen molar-refractivity contribution in [3.05, 3.63) is 53.6 Å². The third kappa shape index (κ3) is 2.35. The summed E-state index contributed by atoms with van der Waals surface area (Å²) in [6.45, 7) is 2.26. The zero-order chi connectivity index (χ0) is 13.2. The lowest BCUT2D eigenvalue weighted by Crippen LogP contribution is -2.22. The molecule has 19 heavy (non-hydrogen) atoms. The fourth-order valence-electron chi connectivity index (χ4n) is 1.93. The maximum Gasteiger partial charge on any atom is 0.251 e. The molecule has 1 amide bonds. The largest absolute Gasteiger partial charge is 0.465 e. The first-order chi connectivity index (χ1) is 9.22. The van der Waals surface area contributed by atoms with Crippen molar-refractivity contribution < 1.29 is 9.21 Å². The van der Waals surface area contributed by atoms with Crippen molar-refractivity contribution in [2.75, 3.05) is 0 Å². The highest BCUT2D eigenvalue weighted by Gasteiger charge is 2.08. The fraction of sp³-hybridized carbons (Fsp3) is 0.143. The number of nitrogens with one attached hydrogen (secondary N) is 2. The highest BCUT2D eigenvalue weighted by atomic mass is 16.3. The van der Waals surface area contributed by atoms with Crippen molar-refractivity contribution in [2.24, 2.45) is 0 Å². The average Bonchev–Trinajstić information content (AvgIpc) is 3.03. The Morgan fingerprint density at radius 1 is 1.37 bits per heavy atom. The van der Waals surface area contributed by atoms with Crippen LogP contribution in [-0.2, 0) is 6.54 Å². The Hall–Kier alpha value is -2.56. The zero-order valence-corrected chi connectivity index (χ0v) is 10.4. The molecular formula is C14H13N3O2. The third-order valence-corrected chi connectivity index (χ3v) is 2.92. The minimum atomic E-state index is -0.134. The molecule has 3 rings (SSSR count). The molecule has 2 aromatic heterocycles. The first kappa shape index (κ1) is 11.5. The second-order valence-electron chi connectivity index (χ2n) is 4.37. The molecule has 0 fully saturated rings. The number of hydrogen-bond donors (Lipinski definition) is 2. The highest BCUT2D eigenvalue weighted by molar-refractivity contribution is 5.97. The van der Waals surface area contributed by atoms with Crippen molar-refractivity contribution in [2.45, 2.75) is 13.5 Å². The molecular weight excluding hydrogens is 242 g/mol. The van der Waals surface area contributed by atoms with E-state index in [1.54, 1.807) is 18.3 Å². The molecule has 0 atom stereocenters. The van der Waals surface area contributed by atoms with Crippen LogP contribution >= 0.6 is 0 Å². The van der Waals surface area contributed by atoms with Gasteiger partial charge in [-0.1, -0.05) is 6.07 Å². The summed E-state index contributed by atoms with van der Waals surface area (Å²) in [6, 6.07) is 9.16. The zero-order valence-electron chi connectivity index (χ0n) is 10.4. The third-order valence-electron chi connectivity index (χ3n) is 2.92. The molecule has 5 nitrogen and oxygen atoms in total. The van der Waals surface area contributed by atoms with Gasteiger partial charge in [0, 0.05) is 10.9 Å². The number of amides is 1. The number of aryl methyl sites for hydroxylation is 1. The molecule has 3 aromatic rings. The Morgan fingerprint density at radius 3 is 3.05 bits per heavy atom.